The Morgan fingerprint density at radius 2 is 0.885 bits per heavy atom. The van der Waals surface area contributed by atoms with Crippen molar-refractivity contribution in [3.05, 3.63) is 154 Å². The largest absolute Gasteiger partial charge is 0.416 e. The Hall–Kier alpha value is -6.85. The van der Waals surface area contributed by atoms with Gasteiger partial charge in [-0.25, -0.2) is 0 Å². The number of alkyl halides is 9. The number of rotatable bonds is 9. The van der Waals surface area contributed by atoms with E-state index in [-0.39, 0.29) is 23.9 Å². The zero-order valence-corrected chi connectivity index (χ0v) is 49.9. The second kappa shape index (κ2) is 31.9. The Bertz CT molecular complexity index is 3170. The highest BCUT2D eigenvalue weighted by atomic mass is 32.1. The summed E-state index contributed by atoms with van der Waals surface area (Å²) in [6.07, 6.45) is 10.9. The summed E-state index contributed by atoms with van der Waals surface area (Å²) in [7, 11) is 0. The quantitative estimate of drug-likeness (QED) is 0.0819. The molecular formula is C64H74F9N9O2S3. The van der Waals surface area contributed by atoms with Crippen LogP contribution in [0.3, 0.4) is 0 Å². The average Bonchev–Trinajstić information content (AvgIpc) is 1.75. The molecule has 0 spiro atoms. The molecule has 4 fully saturated rings. The zero-order chi connectivity index (χ0) is 61.3. The number of piperidine rings is 1. The van der Waals surface area contributed by atoms with Gasteiger partial charge in [-0.1, -0.05) is 83.9 Å². The first-order valence-electron chi connectivity index (χ1n) is 29.2. The number of benzene rings is 3. The van der Waals surface area contributed by atoms with Crippen LogP contribution in [0.25, 0.3) is 0 Å². The van der Waals surface area contributed by atoms with Crippen molar-refractivity contribution >= 4 is 91.8 Å². The van der Waals surface area contributed by atoms with Crippen LogP contribution in [0.1, 0.15) is 153 Å². The molecule has 3 aromatic carbocycles. The standard InChI is InChI=1S/C22H24F3N3S.C21H24F3N3O.C20H22F3N3OS2.CH4/c23-22(24,25)18-5-6-20(28-12-9-15-3-1-2-4-17(15)14-28)19(13-18)27-21(29)16-7-10-26-11-8-16;22-21(23,24)17-7-8-19(27-13-5-3-1-2-4-6-14-27)18(15-17)26-20(28)16-9-11-25-12-10-16;21-20(22,23)15-6-7-17(26-9-4-2-1-3-5-10-26)16(12-15)24-19(28)25-18(27)14-8-11-29-13-14;/h5-8,10-11,13,15,17H,1-4,9,12,14H2,(H,27,29);7-12,15H,1-6,13-14H2,(H,26,28);6-8,11-13H,1-5,9-10H2,(H2,24,25,27,28);1H4/t15-,17-;;;/m1.../s1. The molecule has 2 amide bonds. The van der Waals surface area contributed by atoms with E-state index < -0.39 is 47.0 Å². The zero-order valence-electron chi connectivity index (χ0n) is 47.4. The molecule has 1 saturated carbocycles. The lowest BCUT2D eigenvalue weighted by Gasteiger charge is -2.43. The van der Waals surface area contributed by atoms with Crippen molar-refractivity contribution in [2.24, 2.45) is 11.8 Å². The molecule has 6 heterocycles. The van der Waals surface area contributed by atoms with Gasteiger partial charge in [0, 0.05) is 80.6 Å². The lowest BCUT2D eigenvalue weighted by Crippen LogP contribution is -2.42. The molecule has 468 valence electrons. The molecule has 4 N–H and O–H groups in total. The van der Waals surface area contributed by atoms with Crippen LogP contribution in [0.5, 0.6) is 0 Å². The highest BCUT2D eigenvalue weighted by Gasteiger charge is 2.36. The van der Waals surface area contributed by atoms with Crippen LogP contribution < -0.4 is 36.0 Å². The molecule has 87 heavy (non-hydrogen) atoms. The fourth-order valence-corrected chi connectivity index (χ4v) is 12.4. The summed E-state index contributed by atoms with van der Waals surface area (Å²) in [5.41, 5.74) is 2.26. The molecular weight excluding hydrogens is 1190 g/mol. The number of nitrogens with one attached hydrogen (secondary N) is 4. The van der Waals surface area contributed by atoms with Crippen molar-refractivity contribution in [3.63, 3.8) is 0 Å². The molecule has 0 unspecified atom stereocenters. The minimum absolute atomic E-state index is 0. The van der Waals surface area contributed by atoms with Gasteiger partial charge in [0.25, 0.3) is 11.8 Å². The topological polar surface area (TPSA) is 118 Å². The lowest BCUT2D eigenvalue weighted by molar-refractivity contribution is -0.138. The Kier molecular flexibility index (Phi) is 24.8. The van der Waals surface area contributed by atoms with Crippen molar-refractivity contribution in [2.45, 2.75) is 129 Å². The third-order valence-electron chi connectivity index (χ3n) is 15.9. The van der Waals surface area contributed by atoms with Crippen molar-refractivity contribution in [1.82, 2.24) is 15.3 Å². The number of anilines is 6. The number of pyridine rings is 2. The molecule has 11 nitrogen and oxygen atoms in total. The summed E-state index contributed by atoms with van der Waals surface area (Å²) in [6, 6.07) is 19.4. The van der Waals surface area contributed by atoms with Crippen molar-refractivity contribution in [3.8, 4) is 0 Å². The first-order chi connectivity index (χ1) is 41.2. The molecule has 3 aliphatic heterocycles. The molecule has 23 heteroatoms. The smallest absolute Gasteiger partial charge is 0.370 e. The molecule has 0 bridgehead atoms. The predicted molar refractivity (Wildman–Crippen MR) is 338 cm³/mol. The molecule has 0 radical (unpaired) electrons. The molecule has 3 saturated heterocycles. The maximum absolute atomic E-state index is 13.3. The molecule has 2 atom stereocenters. The van der Waals surface area contributed by atoms with E-state index in [1.807, 2.05) is 0 Å². The van der Waals surface area contributed by atoms with Gasteiger partial charge in [0.05, 0.1) is 56.4 Å². The van der Waals surface area contributed by atoms with Crippen LogP contribution in [0.2, 0.25) is 0 Å². The van der Waals surface area contributed by atoms with Gasteiger partial charge in [-0.05, 0) is 153 Å². The highest BCUT2D eigenvalue weighted by Crippen LogP contribution is 2.42. The van der Waals surface area contributed by atoms with E-state index in [2.05, 4.69) is 45.9 Å². The number of thiophene rings is 1. The Balaban J connectivity index is 0.000000185. The van der Waals surface area contributed by atoms with E-state index in [4.69, 9.17) is 24.4 Å². The van der Waals surface area contributed by atoms with Crippen LogP contribution in [0.4, 0.5) is 73.6 Å². The second-order valence-electron chi connectivity index (χ2n) is 21.9. The normalized spacial score (nSPS) is 17.6. The number of amides is 2. The number of halogens is 9. The summed E-state index contributed by atoms with van der Waals surface area (Å²) < 4.78 is 119. The van der Waals surface area contributed by atoms with Crippen molar-refractivity contribution in [1.29, 1.82) is 0 Å². The number of carbonyl (C=O) groups excluding carboxylic acids is 2. The molecule has 1 aliphatic carbocycles. The van der Waals surface area contributed by atoms with Crippen LogP contribution in [0, 0.1) is 11.8 Å². The van der Waals surface area contributed by atoms with Gasteiger partial charge >= 0.3 is 18.5 Å². The number of nitrogens with zero attached hydrogens (tertiary/aromatic N) is 5. The van der Waals surface area contributed by atoms with E-state index >= 15 is 0 Å². The third kappa shape index (κ3) is 19.8. The predicted octanol–water partition coefficient (Wildman–Crippen LogP) is 17.7. The molecule has 6 aromatic rings. The Labute approximate surface area is 517 Å². The molecule has 10 rings (SSSR count). The van der Waals surface area contributed by atoms with Gasteiger partial charge < -0.3 is 30.7 Å². The highest BCUT2D eigenvalue weighted by molar-refractivity contribution is 7.81. The van der Waals surface area contributed by atoms with Gasteiger partial charge in [0.1, 0.15) is 4.99 Å². The van der Waals surface area contributed by atoms with Crippen LogP contribution >= 0.6 is 35.8 Å². The van der Waals surface area contributed by atoms with Gasteiger partial charge in [0.15, 0.2) is 5.11 Å². The van der Waals surface area contributed by atoms with Crippen LogP contribution in [0.15, 0.2) is 120 Å². The molecule has 3 aromatic heterocycles. The van der Waals surface area contributed by atoms with Crippen molar-refractivity contribution in [2.75, 3.05) is 69.9 Å². The summed E-state index contributed by atoms with van der Waals surface area (Å²) in [4.78, 5) is 39.4. The van der Waals surface area contributed by atoms with Crippen LogP contribution in [-0.2, 0) is 18.5 Å². The first-order valence-corrected chi connectivity index (χ1v) is 30.9. The Morgan fingerprint density at radius 3 is 1.34 bits per heavy atom. The number of hydrogen-bond donors (Lipinski definition) is 4. The Morgan fingerprint density at radius 1 is 0.460 bits per heavy atom. The summed E-state index contributed by atoms with van der Waals surface area (Å²) >= 11 is 12.0. The van der Waals surface area contributed by atoms with E-state index in [9.17, 15) is 49.1 Å². The number of fused-ring (bicyclic) bond motifs is 1. The van der Waals surface area contributed by atoms with Crippen molar-refractivity contribution < 1.29 is 49.1 Å². The van der Waals surface area contributed by atoms with Gasteiger partial charge in [-0.15, -0.1) is 0 Å². The fourth-order valence-electron chi connectivity index (χ4n) is 11.4. The third-order valence-corrected chi connectivity index (χ3v) is 17.1. The van der Waals surface area contributed by atoms with Crippen LogP contribution in [-0.4, -0.2) is 71.2 Å². The van der Waals surface area contributed by atoms with E-state index in [1.54, 1.807) is 47.4 Å². The monoisotopic (exact) mass is 1270 g/mol. The van der Waals surface area contributed by atoms with Gasteiger partial charge in [-0.2, -0.15) is 50.9 Å². The average molecular weight is 1270 g/mol. The maximum Gasteiger partial charge on any atom is 0.416 e. The first kappa shape index (κ1) is 67.7. The minimum Gasteiger partial charge on any atom is -0.370 e. The number of aromatic nitrogens is 2. The van der Waals surface area contributed by atoms with E-state index in [1.165, 1.54) is 105 Å². The fraction of sp³-hybridized carbons (Fsp3) is 0.438. The number of thiocarbonyl (C=S) groups is 2. The van der Waals surface area contributed by atoms with Gasteiger partial charge in [0.2, 0.25) is 0 Å². The summed E-state index contributed by atoms with van der Waals surface area (Å²) in [6.45, 7) is 4.84. The molecule has 4 aliphatic rings. The summed E-state index contributed by atoms with van der Waals surface area (Å²) in [5, 5.41) is 14.5. The number of hydrogen-bond acceptors (Lipinski definition) is 10. The lowest BCUT2D eigenvalue weighted by atomic mass is 9.75. The minimum atomic E-state index is -4.47. The van der Waals surface area contributed by atoms with Gasteiger partial charge in [-0.3, -0.25) is 24.9 Å². The number of carbonyl (C=O) groups is 2. The summed E-state index contributed by atoms with van der Waals surface area (Å²) in [5.74, 6) is 0.527. The van der Waals surface area contributed by atoms with E-state index in [0.29, 0.717) is 39.1 Å². The SMILES string of the molecule is C.FC(F)(F)c1ccc(N2CC[C@H]3CCCC[C@@H]3C2)c(NC(=S)c2ccncc2)c1.O=C(NC(=S)Nc1cc(C(F)(F)F)ccc1N1CCCCCCC1)c1ccsc1.O=C(Nc1cc(C(F)(F)F)ccc1N1CCCCCCCC1)c1ccncc1. The van der Waals surface area contributed by atoms with E-state index in [0.717, 1.165) is 138 Å². The second-order valence-corrected chi connectivity index (χ2v) is 23.5. The maximum atomic E-state index is 13.3.